The van der Waals surface area contributed by atoms with Crippen LogP contribution in [0.2, 0.25) is 0 Å². The van der Waals surface area contributed by atoms with E-state index in [0.29, 0.717) is 28.4 Å². The Balaban J connectivity index is 0.00000256. The first-order valence-electron chi connectivity index (χ1n) is 9.52. The third kappa shape index (κ3) is 4.58. The van der Waals surface area contributed by atoms with Crippen molar-refractivity contribution in [3.8, 4) is 11.4 Å². The lowest BCUT2D eigenvalue weighted by molar-refractivity contribution is 0.102. The Labute approximate surface area is 179 Å². The van der Waals surface area contributed by atoms with Gasteiger partial charge in [-0.15, -0.1) is 22.6 Å². The van der Waals surface area contributed by atoms with Crippen molar-refractivity contribution in [1.29, 1.82) is 0 Å². The van der Waals surface area contributed by atoms with Gasteiger partial charge >= 0.3 is 5.63 Å². The minimum absolute atomic E-state index is 0. The third-order valence-corrected chi connectivity index (χ3v) is 4.98. The van der Waals surface area contributed by atoms with Gasteiger partial charge in [-0.25, -0.2) is 4.79 Å². The van der Waals surface area contributed by atoms with Gasteiger partial charge in [-0.1, -0.05) is 12.1 Å². The lowest BCUT2D eigenvalue weighted by atomic mass is 9.95. The molecule has 0 spiro atoms. The van der Waals surface area contributed by atoms with Crippen molar-refractivity contribution in [3.63, 3.8) is 0 Å². The second kappa shape index (κ2) is 9.19. The fraction of sp³-hybridized carbons (Fsp3) is 0.350. The molecule has 0 radical (unpaired) electrons. The van der Waals surface area contributed by atoms with E-state index in [0.717, 1.165) is 25.9 Å². The van der Waals surface area contributed by atoms with Crippen molar-refractivity contribution in [2.45, 2.75) is 25.7 Å². The Morgan fingerprint density at radius 2 is 2.17 bits per heavy atom. The normalized spacial score (nSPS) is 16.0. The van der Waals surface area contributed by atoms with Crippen molar-refractivity contribution < 1.29 is 9.21 Å². The van der Waals surface area contributed by atoms with Gasteiger partial charge in [0.05, 0.1) is 7.05 Å². The topological polar surface area (TPSA) is 115 Å². The fourth-order valence-corrected chi connectivity index (χ4v) is 3.53. The molecule has 0 aliphatic carbocycles. The number of benzene rings is 1. The molecular weight excluding hydrogens is 408 g/mol. The second-order valence-corrected chi connectivity index (χ2v) is 7.17. The molecule has 9 nitrogen and oxygen atoms in total. The molecular formula is C20H23ClN6O3. The summed E-state index contributed by atoms with van der Waals surface area (Å²) in [4.78, 5) is 26.7. The van der Waals surface area contributed by atoms with Gasteiger partial charge in [0.2, 0.25) is 5.82 Å². The molecule has 4 rings (SSSR count). The van der Waals surface area contributed by atoms with Crippen LogP contribution in [0.15, 0.2) is 39.5 Å². The Morgan fingerprint density at radius 3 is 2.83 bits per heavy atom. The average Bonchev–Trinajstić information content (AvgIpc) is 3.15. The molecule has 1 aromatic carbocycles. The molecule has 30 heavy (non-hydrogen) atoms. The molecule has 3 heterocycles. The minimum atomic E-state index is -0.616. The predicted molar refractivity (Wildman–Crippen MR) is 114 cm³/mol. The molecule has 1 aliphatic heterocycles. The van der Waals surface area contributed by atoms with Crippen LogP contribution in [-0.2, 0) is 7.05 Å². The smallest absolute Gasteiger partial charge is 0.349 e. The highest BCUT2D eigenvalue weighted by molar-refractivity contribution is 6.05. The number of anilines is 1. The first kappa shape index (κ1) is 21.7. The van der Waals surface area contributed by atoms with E-state index in [1.54, 1.807) is 38.2 Å². The number of tetrazole rings is 1. The van der Waals surface area contributed by atoms with Crippen LogP contribution in [0.1, 0.15) is 40.4 Å². The maximum Gasteiger partial charge on any atom is 0.349 e. The number of hydrogen-bond acceptors (Lipinski definition) is 7. The summed E-state index contributed by atoms with van der Waals surface area (Å²) in [6.07, 6.45) is 2.00. The number of amides is 1. The number of carbonyl (C=O) groups is 1. The quantitative estimate of drug-likeness (QED) is 0.652. The third-order valence-electron chi connectivity index (χ3n) is 4.98. The van der Waals surface area contributed by atoms with E-state index in [1.807, 2.05) is 6.07 Å². The second-order valence-electron chi connectivity index (χ2n) is 7.17. The van der Waals surface area contributed by atoms with Gasteiger partial charge in [0.25, 0.3) is 5.91 Å². The predicted octanol–water partition coefficient (Wildman–Crippen LogP) is 2.28. The Bertz CT molecular complexity index is 1100. The first-order chi connectivity index (χ1) is 14.0. The van der Waals surface area contributed by atoms with E-state index < -0.39 is 11.5 Å². The minimum Gasteiger partial charge on any atom is -0.427 e. The van der Waals surface area contributed by atoms with Gasteiger partial charge in [-0.05, 0) is 55.3 Å². The lowest BCUT2D eigenvalue weighted by Gasteiger charge is -2.22. The molecule has 1 amide bonds. The zero-order valence-electron chi connectivity index (χ0n) is 16.7. The van der Waals surface area contributed by atoms with E-state index in [2.05, 4.69) is 26.0 Å². The molecule has 2 aromatic heterocycles. The molecule has 1 unspecified atom stereocenters. The summed E-state index contributed by atoms with van der Waals surface area (Å²) < 4.78 is 5.50. The number of nitrogens with zero attached hydrogens (tertiary/aromatic N) is 4. The number of carbonyl (C=O) groups excluding carboxylic acids is 1. The van der Waals surface area contributed by atoms with Crippen LogP contribution in [-0.4, -0.2) is 39.2 Å². The van der Waals surface area contributed by atoms with Crippen LogP contribution in [0, 0.1) is 6.92 Å². The summed E-state index contributed by atoms with van der Waals surface area (Å²) in [5.74, 6) is 0.731. The number of halogens is 1. The molecule has 0 saturated carbocycles. The summed E-state index contributed by atoms with van der Waals surface area (Å²) >= 11 is 0. The van der Waals surface area contributed by atoms with Gasteiger partial charge in [-0.2, -0.15) is 4.80 Å². The molecule has 1 saturated heterocycles. The molecule has 158 valence electrons. The van der Waals surface area contributed by atoms with Crippen molar-refractivity contribution >= 4 is 24.0 Å². The van der Waals surface area contributed by atoms with Gasteiger partial charge in [0.1, 0.15) is 11.3 Å². The number of aromatic nitrogens is 4. The van der Waals surface area contributed by atoms with Crippen LogP contribution < -0.4 is 16.3 Å². The molecule has 1 atom stereocenters. The maximum absolute atomic E-state index is 12.8. The SMILES string of the molecule is Cc1cc(C2CCCNC2)oc(=O)c1C(=O)Nc1cccc(-c2nnn(C)n2)c1.Cl. The lowest BCUT2D eigenvalue weighted by Crippen LogP contribution is -2.30. The Hall–Kier alpha value is -3.04. The van der Waals surface area contributed by atoms with Crippen molar-refractivity contribution in [1.82, 2.24) is 25.5 Å². The average molecular weight is 431 g/mol. The summed E-state index contributed by atoms with van der Waals surface area (Å²) in [5.41, 5.74) is 1.24. The Morgan fingerprint density at radius 1 is 1.33 bits per heavy atom. The number of aryl methyl sites for hydroxylation is 2. The highest BCUT2D eigenvalue weighted by Gasteiger charge is 2.22. The van der Waals surface area contributed by atoms with Crippen molar-refractivity contribution in [3.05, 3.63) is 57.6 Å². The van der Waals surface area contributed by atoms with E-state index in [9.17, 15) is 9.59 Å². The van der Waals surface area contributed by atoms with E-state index in [4.69, 9.17) is 4.42 Å². The monoisotopic (exact) mass is 430 g/mol. The number of rotatable bonds is 4. The number of nitrogens with one attached hydrogen (secondary N) is 2. The van der Waals surface area contributed by atoms with Gasteiger partial charge < -0.3 is 15.1 Å². The summed E-state index contributed by atoms with van der Waals surface area (Å²) in [6, 6.07) is 8.85. The summed E-state index contributed by atoms with van der Waals surface area (Å²) in [6.45, 7) is 3.51. The van der Waals surface area contributed by atoms with Crippen LogP contribution in [0.25, 0.3) is 11.4 Å². The molecule has 2 N–H and O–H groups in total. The molecule has 10 heteroatoms. The van der Waals surface area contributed by atoms with E-state index in [-0.39, 0.29) is 23.9 Å². The standard InChI is InChI=1S/C20H22N6O3.ClH/c1-12-9-16(14-6-4-8-21-11-14)29-20(28)17(12)19(27)22-15-7-3-5-13(10-15)18-23-25-26(2)24-18;/h3,5,7,9-10,14,21H,4,6,8,11H2,1-2H3,(H,22,27);1H. The zero-order valence-corrected chi connectivity index (χ0v) is 17.5. The number of hydrogen-bond donors (Lipinski definition) is 2. The van der Waals surface area contributed by atoms with Gasteiger partial charge in [-0.3, -0.25) is 4.79 Å². The highest BCUT2D eigenvalue weighted by atomic mass is 35.5. The largest absolute Gasteiger partial charge is 0.427 e. The fourth-order valence-electron chi connectivity index (χ4n) is 3.53. The molecule has 0 bridgehead atoms. The molecule has 1 aliphatic rings. The molecule has 1 fully saturated rings. The maximum atomic E-state index is 12.8. The van der Waals surface area contributed by atoms with Crippen LogP contribution in [0.4, 0.5) is 5.69 Å². The van der Waals surface area contributed by atoms with Gasteiger partial charge in [0, 0.05) is 23.7 Å². The first-order valence-corrected chi connectivity index (χ1v) is 9.52. The highest BCUT2D eigenvalue weighted by Crippen LogP contribution is 2.24. The van der Waals surface area contributed by atoms with Gasteiger partial charge in [0.15, 0.2) is 0 Å². The van der Waals surface area contributed by atoms with Crippen molar-refractivity contribution in [2.75, 3.05) is 18.4 Å². The van der Waals surface area contributed by atoms with Crippen LogP contribution >= 0.6 is 12.4 Å². The van der Waals surface area contributed by atoms with Crippen LogP contribution in [0.3, 0.4) is 0 Å². The summed E-state index contributed by atoms with van der Waals surface area (Å²) in [7, 11) is 1.68. The van der Waals surface area contributed by atoms with Crippen molar-refractivity contribution in [2.24, 2.45) is 7.05 Å². The van der Waals surface area contributed by atoms with E-state index in [1.165, 1.54) is 4.80 Å². The van der Waals surface area contributed by atoms with E-state index >= 15 is 0 Å². The molecule has 3 aromatic rings. The summed E-state index contributed by atoms with van der Waals surface area (Å²) in [5, 5.41) is 18.0. The Kier molecular flexibility index (Phi) is 6.63. The zero-order chi connectivity index (χ0) is 20.4. The van der Waals surface area contributed by atoms with Crippen LogP contribution in [0.5, 0.6) is 0 Å². The number of piperidine rings is 1.